The fraction of sp³-hybridized carbons (Fsp3) is 0.200. The molecule has 2 atom stereocenters. The van der Waals surface area contributed by atoms with E-state index in [1.165, 1.54) is 0 Å². The van der Waals surface area contributed by atoms with Crippen molar-refractivity contribution in [1.82, 2.24) is 15.2 Å². The van der Waals surface area contributed by atoms with Crippen LogP contribution in [-0.4, -0.2) is 22.1 Å². The van der Waals surface area contributed by atoms with Gasteiger partial charge in [0.2, 0.25) is 0 Å². The minimum Gasteiger partial charge on any atom is -0.497 e. The highest BCUT2D eigenvalue weighted by Crippen LogP contribution is 2.39. The lowest BCUT2D eigenvalue weighted by atomic mass is 10.0. The van der Waals surface area contributed by atoms with Gasteiger partial charge in [-0.05, 0) is 54.2 Å². The van der Waals surface area contributed by atoms with E-state index in [1.807, 2.05) is 42.5 Å². The van der Waals surface area contributed by atoms with Gasteiger partial charge in [0.15, 0.2) is 5.11 Å². The molecule has 1 aliphatic heterocycles. The Labute approximate surface area is 157 Å². The maximum Gasteiger partial charge on any atom is 0.170 e. The second-order valence-corrected chi connectivity index (χ2v) is 6.50. The smallest absolute Gasteiger partial charge is 0.170 e. The molecule has 0 radical (unpaired) electrons. The number of hydrogen-bond acceptors (Lipinski definition) is 4. The zero-order valence-corrected chi connectivity index (χ0v) is 15.1. The van der Waals surface area contributed by atoms with Crippen LogP contribution in [0.2, 0.25) is 0 Å². The van der Waals surface area contributed by atoms with E-state index in [0.29, 0.717) is 11.7 Å². The lowest BCUT2D eigenvalue weighted by Gasteiger charge is -2.26. The molecule has 0 unspecified atom stereocenters. The van der Waals surface area contributed by atoms with E-state index < -0.39 is 0 Å². The molecule has 0 spiro atoms. The first-order valence-electron chi connectivity index (χ1n) is 8.40. The van der Waals surface area contributed by atoms with Crippen molar-refractivity contribution in [3.63, 3.8) is 0 Å². The number of benzene rings is 1. The molecule has 6 heteroatoms. The predicted molar refractivity (Wildman–Crippen MR) is 103 cm³/mol. The van der Waals surface area contributed by atoms with Crippen LogP contribution in [0.1, 0.15) is 29.1 Å². The van der Waals surface area contributed by atoms with Crippen LogP contribution >= 0.6 is 12.2 Å². The summed E-state index contributed by atoms with van der Waals surface area (Å²) in [6, 6.07) is 17.7. The molecule has 1 aliphatic rings. The number of nitrogens with one attached hydrogen (secondary N) is 1. The van der Waals surface area contributed by atoms with Gasteiger partial charge in [0.1, 0.15) is 17.6 Å². The minimum absolute atomic E-state index is 0.0606. The standard InChI is InChI=1S/C20H19N3O2S/c1-24-15-9-7-14(8-10-15)13-23-19(17-6-4-12-25-17)18(22-20(23)26)16-5-2-3-11-21-16/h2-12,18-19H,13H2,1H3,(H,22,26)/t18-,19+/m0/s1. The molecular formula is C20H19N3O2S. The zero-order chi connectivity index (χ0) is 17.9. The van der Waals surface area contributed by atoms with Crippen LogP contribution in [0.15, 0.2) is 71.5 Å². The third-order valence-electron chi connectivity index (χ3n) is 4.54. The summed E-state index contributed by atoms with van der Waals surface area (Å²) in [5.41, 5.74) is 2.08. The minimum atomic E-state index is -0.0619. The quantitative estimate of drug-likeness (QED) is 0.693. The second-order valence-electron chi connectivity index (χ2n) is 6.12. The van der Waals surface area contributed by atoms with Crippen molar-refractivity contribution < 1.29 is 9.15 Å². The van der Waals surface area contributed by atoms with Crippen molar-refractivity contribution in [2.45, 2.75) is 18.6 Å². The molecule has 132 valence electrons. The van der Waals surface area contributed by atoms with E-state index >= 15 is 0 Å². The summed E-state index contributed by atoms with van der Waals surface area (Å²) in [7, 11) is 1.67. The highest BCUT2D eigenvalue weighted by molar-refractivity contribution is 7.80. The van der Waals surface area contributed by atoms with Gasteiger partial charge in [-0.1, -0.05) is 18.2 Å². The average Bonchev–Trinajstić information content (AvgIpc) is 3.32. The summed E-state index contributed by atoms with van der Waals surface area (Å²) in [5.74, 6) is 1.70. The van der Waals surface area contributed by atoms with Crippen LogP contribution in [0.25, 0.3) is 0 Å². The van der Waals surface area contributed by atoms with Crippen LogP contribution in [0.5, 0.6) is 5.75 Å². The Balaban J connectivity index is 1.66. The van der Waals surface area contributed by atoms with Crippen LogP contribution < -0.4 is 10.1 Å². The molecule has 3 heterocycles. The molecule has 0 bridgehead atoms. The third kappa shape index (κ3) is 3.15. The monoisotopic (exact) mass is 365 g/mol. The number of rotatable bonds is 5. The molecular weight excluding hydrogens is 346 g/mol. The van der Waals surface area contributed by atoms with Gasteiger partial charge in [-0.25, -0.2) is 0 Å². The molecule has 5 nitrogen and oxygen atoms in total. The summed E-state index contributed by atoms with van der Waals surface area (Å²) in [6.45, 7) is 0.671. The number of pyridine rings is 1. The van der Waals surface area contributed by atoms with E-state index in [-0.39, 0.29) is 12.1 Å². The van der Waals surface area contributed by atoms with Crippen LogP contribution in [0.3, 0.4) is 0 Å². The molecule has 0 saturated carbocycles. The van der Waals surface area contributed by atoms with Gasteiger partial charge in [-0.3, -0.25) is 4.98 Å². The lowest BCUT2D eigenvalue weighted by Crippen LogP contribution is -2.29. The van der Waals surface area contributed by atoms with Crippen LogP contribution in [0.4, 0.5) is 0 Å². The lowest BCUT2D eigenvalue weighted by molar-refractivity contribution is 0.267. The SMILES string of the molecule is COc1ccc(CN2C(=S)N[C@@H](c3ccccn3)[C@H]2c2ccco2)cc1. The van der Waals surface area contributed by atoms with Crippen molar-refractivity contribution in [1.29, 1.82) is 0 Å². The summed E-state index contributed by atoms with van der Waals surface area (Å²) < 4.78 is 11.0. The van der Waals surface area contributed by atoms with Crippen molar-refractivity contribution in [2.75, 3.05) is 7.11 Å². The second kappa shape index (κ2) is 7.17. The number of methoxy groups -OCH3 is 1. The molecule has 2 aromatic heterocycles. The maximum atomic E-state index is 5.73. The van der Waals surface area contributed by atoms with Gasteiger partial charge < -0.3 is 19.4 Å². The zero-order valence-electron chi connectivity index (χ0n) is 14.3. The maximum absolute atomic E-state index is 5.73. The van der Waals surface area contributed by atoms with Crippen LogP contribution in [0, 0.1) is 0 Å². The van der Waals surface area contributed by atoms with Gasteiger partial charge in [0.25, 0.3) is 0 Å². The summed E-state index contributed by atoms with van der Waals surface area (Å²) >= 11 is 5.64. The topological polar surface area (TPSA) is 50.5 Å². The summed E-state index contributed by atoms with van der Waals surface area (Å²) in [4.78, 5) is 6.66. The Hall–Kier alpha value is -2.86. The molecule has 0 aliphatic carbocycles. The molecule has 26 heavy (non-hydrogen) atoms. The van der Waals surface area contributed by atoms with Crippen molar-refractivity contribution in [3.8, 4) is 5.75 Å². The number of furan rings is 1. The number of ether oxygens (including phenoxy) is 1. The Kier molecular flexibility index (Phi) is 4.58. The fourth-order valence-electron chi connectivity index (χ4n) is 3.27. The molecule has 1 fully saturated rings. The molecule has 4 rings (SSSR count). The molecule has 1 N–H and O–H groups in total. The van der Waals surface area contributed by atoms with E-state index in [1.54, 1.807) is 19.6 Å². The van der Waals surface area contributed by atoms with E-state index in [9.17, 15) is 0 Å². The highest BCUT2D eigenvalue weighted by atomic mass is 32.1. The number of thiocarbonyl (C=S) groups is 1. The summed E-state index contributed by atoms with van der Waals surface area (Å²) in [5, 5.41) is 4.10. The number of hydrogen-bond donors (Lipinski definition) is 1. The van der Waals surface area contributed by atoms with Crippen molar-refractivity contribution in [3.05, 3.63) is 84.1 Å². The van der Waals surface area contributed by atoms with E-state index in [4.69, 9.17) is 21.4 Å². The highest BCUT2D eigenvalue weighted by Gasteiger charge is 2.41. The Morgan fingerprint density at radius 2 is 2.00 bits per heavy atom. The first-order valence-corrected chi connectivity index (χ1v) is 8.81. The first-order chi connectivity index (χ1) is 12.8. The third-order valence-corrected chi connectivity index (χ3v) is 4.90. The number of aromatic nitrogens is 1. The van der Waals surface area contributed by atoms with Crippen molar-refractivity contribution >= 4 is 17.3 Å². The molecule has 3 aromatic rings. The summed E-state index contributed by atoms with van der Waals surface area (Å²) in [6.07, 6.45) is 3.49. The van der Waals surface area contributed by atoms with Gasteiger partial charge >= 0.3 is 0 Å². The van der Waals surface area contributed by atoms with Crippen molar-refractivity contribution in [2.24, 2.45) is 0 Å². The Bertz CT molecular complexity index is 866. The van der Waals surface area contributed by atoms with Gasteiger partial charge in [-0.2, -0.15) is 0 Å². The normalized spacial score (nSPS) is 19.4. The van der Waals surface area contributed by atoms with E-state index in [0.717, 1.165) is 22.8 Å². The van der Waals surface area contributed by atoms with Gasteiger partial charge in [0.05, 0.1) is 25.1 Å². The van der Waals surface area contributed by atoms with E-state index in [2.05, 4.69) is 27.3 Å². The Morgan fingerprint density at radius 3 is 2.65 bits per heavy atom. The largest absolute Gasteiger partial charge is 0.497 e. The van der Waals surface area contributed by atoms with Crippen LogP contribution in [-0.2, 0) is 6.54 Å². The molecule has 1 aromatic carbocycles. The molecule has 0 amide bonds. The predicted octanol–water partition coefficient (Wildman–Crippen LogP) is 3.86. The average molecular weight is 365 g/mol. The fourth-order valence-corrected chi connectivity index (χ4v) is 3.58. The number of nitrogens with zero attached hydrogens (tertiary/aromatic N) is 2. The van der Waals surface area contributed by atoms with Gasteiger partial charge in [0, 0.05) is 12.7 Å². The molecule has 1 saturated heterocycles. The van der Waals surface area contributed by atoms with Gasteiger partial charge in [-0.15, -0.1) is 0 Å². The Morgan fingerprint density at radius 1 is 1.15 bits per heavy atom. The first kappa shape index (κ1) is 16.6.